The minimum Gasteiger partial charge on any atom is -0.372 e. The first-order chi connectivity index (χ1) is 16.7. The summed E-state index contributed by atoms with van der Waals surface area (Å²) in [5, 5.41) is 0. The molecule has 4 fully saturated rings. The largest absolute Gasteiger partial charge is 0.372 e. The molecule has 0 N–H and O–H groups in total. The fraction of sp³-hybridized carbons (Fsp3) is 0.519. The van der Waals surface area contributed by atoms with Crippen molar-refractivity contribution in [3.63, 3.8) is 0 Å². The predicted molar refractivity (Wildman–Crippen MR) is 136 cm³/mol. The van der Waals surface area contributed by atoms with E-state index >= 15 is 0 Å². The molecule has 2 aromatic rings. The van der Waals surface area contributed by atoms with Gasteiger partial charge in [-0.05, 0) is 85.9 Å². The van der Waals surface area contributed by atoms with Crippen molar-refractivity contribution in [2.24, 2.45) is 5.41 Å². The van der Waals surface area contributed by atoms with Crippen LogP contribution in [0.2, 0.25) is 0 Å². The second-order valence-corrected chi connectivity index (χ2v) is 14.3. The van der Waals surface area contributed by atoms with Crippen LogP contribution in [0.3, 0.4) is 0 Å². The first kappa shape index (κ1) is 22.5. The van der Waals surface area contributed by atoms with Gasteiger partial charge in [0.25, 0.3) is 5.91 Å². The fourth-order valence-electron chi connectivity index (χ4n) is 6.69. The monoisotopic (exact) mass is 556 g/mol. The molecule has 2 aromatic carbocycles. The smallest absolute Gasteiger partial charge is 0.258 e. The van der Waals surface area contributed by atoms with E-state index in [1.165, 1.54) is 35.6 Å². The van der Waals surface area contributed by atoms with Crippen LogP contribution in [0.5, 0.6) is 0 Å². The van der Waals surface area contributed by atoms with Crippen LogP contribution in [0.4, 0.5) is 5.69 Å². The second-order valence-electron chi connectivity index (χ2n) is 11.4. The van der Waals surface area contributed by atoms with Gasteiger partial charge in [-0.25, -0.2) is 8.42 Å². The maximum absolute atomic E-state index is 13.8. The zero-order valence-corrected chi connectivity index (χ0v) is 22.0. The molecule has 0 aromatic heterocycles. The molecule has 7 rings (SSSR count). The molecule has 5 aliphatic rings. The maximum atomic E-state index is 13.8. The molecule has 1 amide bonds. The number of rotatable bonds is 3. The summed E-state index contributed by atoms with van der Waals surface area (Å²) >= 11 is 3.64. The maximum Gasteiger partial charge on any atom is 0.258 e. The number of sulfonamides is 1. The average Bonchev–Trinajstić information content (AvgIpc) is 3.49. The second kappa shape index (κ2) is 7.40. The molecular weight excluding hydrogens is 528 g/mol. The Hall–Kier alpha value is -1.74. The van der Waals surface area contributed by atoms with Gasteiger partial charge in [0.2, 0.25) is 10.0 Å². The van der Waals surface area contributed by atoms with Crippen molar-refractivity contribution in [1.82, 2.24) is 4.31 Å². The van der Waals surface area contributed by atoms with Gasteiger partial charge < -0.3 is 9.64 Å². The number of carbonyl (C=O) groups is 1. The zero-order chi connectivity index (χ0) is 24.1. The average molecular weight is 558 g/mol. The van der Waals surface area contributed by atoms with Gasteiger partial charge in [-0.2, -0.15) is 4.31 Å². The first-order valence-electron chi connectivity index (χ1n) is 12.6. The van der Waals surface area contributed by atoms with Crippen molar-refractivity contribution in [3.05, 3.63) is 58.1 Å². The predicted octanol–water partition coefficient (Wildman–Crippen LogP) is 4.86. The number of ether oxygens (including phenoxy) is 1. The summed E-state index contributed by atoms with van der Waals surface area (Å²) in [6.45, 7) is 2.16. The minimum absolute atomic E-state index is 0.0129. The number of carbonyl (C=O) groups excluding carboxylic acids is 1. The van der Waals surface area contributed by atoms with Gasteiger partial charge in [-0.1, -0.05) is 22.0 Å². The van der Waals surface area contributed by atoms with E-state index in [1.807, 2.05) is 17.0 Å². The Balaban J connectivity index is 1.18. The third kappa shape index (κ3) is 3.40. The van der Waals surface area contributed by atoms with E-state index in [1.54, 1.807) is 24.3 Å². The summed E-state index contributed by atoms with van der Waals surface area (Å²) in [5.41, 5.74) is 2.91. The molecule has 3 spiro atoms. The Morgan fingerprint density at radius 2 is 1.63 bits per heavy atom. The molecule has 8 heteroatoms. The van der Waals surface area contributed by atoms with Crippen molar-refractivity contribution in [2.75, 3.05) is 31.1 Å². The lowest BCUT2D eigenvalue weighted by molar-refractivity contribution is -0.200. The summed E-state index contributed by atoms with van der Waals surface area (Å²) in [6, 6.07) is 12.8. The van der Waals surface area contributed by atoms with Crippen molar-refractivity contribution in [1.29, 1.82) is 0 Å². The highest BCUT2D eigenvalue weighted by molar-refractivity contribution is 9.10. The molecule has 0 bridgehead atoms. The van der Waals surface area contributed by atoms with Crippen LogP contribution < -0.4 is 4.90 Å². The Labute approximate surface area is 214 Å². The van der Waals surface area contributed by atoms with Gasteiger partial charge in [-0.3, -0.25) is 4.79 Å². The quantitative estimate of drug-likeness (QED) is 0.541. The molecule has 184 valence electrons. The Bertz CT molecular complexity index is 1330. The van der Waals surface area contributed by atoms with Gasteiger partial charge in [0.05, 0.1) is 17.1 Å². The number of amides is 1. The standard InChI is InChI=1S/C27H29BrN2O4S/c28-20-4-5-23-22(15-20)26(10-8-25(6-7-25)9-11-26)16-30(23)24(31)19-2-1-3-21(14-19)35(32,33)29-17-27(18-29)12-13-34-27/h1-5,14-15H,6-13,16-18H2. The summed E-state index contributed by atoms with van der Waals surface area (Å²) in [7, 11) is -3.65. The zero-order valence-electron chi connectivity index (χ0n) is 19.6. The number of fused-ring (bicyclic) bond motifs is 2. The van der Waals surface area contributed by atoms with E-state index in [9.17, 15) is 13.2 Å². The molecule has 3 heterocycles. The van der Waals surface area contributed by atoms with E-state index < -0.39 is 10.0 Å². The molecule has 3 aliphatic heterocycles. The number of hydrogen-bond acceptors (Lipinski definition) is 4. The Kier molecular flexibility index (Phi) is 4.75. The third-order valence-electron chi connectivity index (χ3n) is 9.37. The molecular formula is C27H29BrN2O4S. The van der Waals surface area contributed by atoms with E-state index in [0.717, 1.165) is 29.4 Å². The van der Waals surface area contributed by atoms with Gasteiger partial charge >= 0.3 is 0 Å². The lowest BCUT2D eigenvalue weighted by Crippen LogP contribution is -2.69. The van der Waals surface area contributed by atoms with Crippen LogP contribution in [0.15, 0.2) is 51.8 Å². The van der Waals surface area contributed by atoms with E-state index in [4.69, 9.17) is 4.74 Å². The molecule has 0 unspecified atom stereocenters. The third-order valence-corrected chi connectivity index (χ3v) is 11.6. The topological polar surface area (TPSA) is 66.9 Å². The van der Waals surface area contributed by atoms with Gasteiger partial charge in [0.1, 0.15) is 0 Å². The number of hydrogen-bond donors (Lipinski definition) is 0. The van der Waals surface area contributed by atoms with Crippen molar-refractivity contribution in [2.45, 2.75) is 60.9 Å². The highest BCUT2D eigenvalue weighted by Crippen LogP contribution is 2.62. The minimum atomic E-state index is -3.65. The summed E-state index contributed by atoms with van der Waals surface area (Å²) in [6.07, 6.45) is 8.28. The summed E-state index contributed by atoms with van der Waals surface area (Å²) in [4.78, 5) is 15.9. The SMILES string of the molecule is O=C(c1cccc(S(=O)(=O)N2CC3(CCO3)C2)c1)N1CC2(CCC3(CC3)CC2)c2cc(Br)ccc21. The number of anilines is 1. The molecule has 0 radical (unpaired) electrons. The molecule has 2 saturated carbocycles. The van der Waals surface area contributed by atoms with Crippen LogP contribution in [0.25, 0.3) is 0 Å². The van der Waals surface area contributed by atoms with Gasteiger partial charge in [-0.15, -0.1) is 0 Å². The van der Waals surface area contributed by atoms with E-state index in [-0.39, 0.29) is 21.8 Å². The van der Waals surface area contributed by atoms with E-state index in [0.29, 0.717) is 37.2 Å². The van der Waals surface area contributed by atoms with Crippen molar-refractivity contribution < 1.29 is 17.9 Å². The molecule has 6 nitrogen and oxygen atoms in total. The normalized spacial score (nSPS) is 25.3. The molecule has 35 heavy (non-hydrogen) atoms. The highest BCUT2D eigenvalue weighted by atomic mass is 79.9. The highest BCUT2D eigenvalue weighted by Gasteiger charge is 2.55. The Morgan fingerprint density at radius 3 is 2.29 bits per heavy atom. The van der Waals surface area contributed by atoms with Gasteiger partial charge in [0.15, 0.2) is 0 Å². The van der Waals surface area contributed by atoms with E-state index in [2.05, 4.69) is 22.0 Å². The molecule has 2 saturated heterocycles. The fourth-order valence-corrected chi connectivity index (χ4v) is 8.68. The van der Waals surface area contributed by atoms with Crippen LogP contribution in [0, 0.1) is 5.41 Å². The lowest BCUT2D eigenvalue weighted by atomic mass is 9.66. The van der Waals surface area contributed by atoms with Gasteiger partial charge in [0, 0.05) is 47.2 Å². The van der Waals surface area contributed by atoms with Crippen LogP contribution in [-0.2, 0) is 20.2 Å². The van der Waals surface area contributed by atoms with Crippen LogP contribution in [0.1, 0.15) is 60.9 Å². The number of benzene rings is 2. The van der Waals surface area contributed by atoms with Crippen molar-refractivity contribution in [3.8, 4) is 0 Å². The van der Waals surface area contributed by atoms with Crippen LogP contribution >= 0.6 is 15.9 Å². The lowest BCUT2D eigenvalue weighted by Gasteiger charge is -2.54. The Morgan fingerprint density at radius 1 is 0.914 bits per heavy atom. The number of halogens is 1. The summed E-state index contributed by atoms with van der Waals surface area (Å²) < 4.78 is 34.5. The van der Waals surface area contributed by atoms with Crippen molar-refractivity contribution >= 4 is 37.5 Å². The summed E-state index contributed by atoms with van der Waals surface area (Å²) in [5.74, 6) is -0.128. The molecule has 0 atom stereocenters. The molecule has 2 aliphatic carbocycles. The van der Waals surface area contributed by atoms with Crippen LogP contribution in [-0.4, -0.2) is 50.5 Å². The number of nitrogens with zero attached hydrogens (tertiary/aromatic N) is 2. The first-order valence-corrected chi connectivity index (χ1v) is 14.8.